The Labute approximate surface area is 229 Å². The molecule has 0 heterocycles. The van der Waals surface area contributed by atoms with Crippen LogP contribution in [0.5, 0.6) is 0 Å². The third-order valence-corrected chi connectivity index (χ3v) is 7.79. The molecule has 1 atom stereocenters. The molecule has 3 N–H and O–H groups in total. The summed E-state index contributed by atoms with van der Waals surface area (Å²) >= 11 is 12.0. The first-order valence-electron chi connectivity index (χ1n) is 12.5. The molecule has 6 heteroatoms. The number of benzene rings is 4. The van der Waals surface area contributed by atoms with Crippen LogP contribution in [-0.2, 0) is 12.8 Å². The molecule has 0 radical (unpaired) electrons. The van der Waals surface area contributed by atoms with Crippen molar-refractivity contribution in [2.75, 3.05) is 5.32 Å². The fourth-order valence-corrected chi connectivity index (χ4v) is 6.06. The Morgan fingerprint density at radius 3 is 2.26 bits per heavy atom. The van der Waals surface area contributed by atoms with E-state index in [1.807, 2.05) is 0 Å². The Kier molecular flexibility index (Phi) is 6.40. The van der Waals surface area contributed by atoms with Gasteiger partial charge in [-0.15, -0.1) is 0 Å². The molecule has 38 heavy (non-hydrogen) atoms. The first-order chi connectivity index (χ1) is 18.4. The van der Waals surface area contributed by atoms with E-state index >= 15 is 0 Å². The lowest BCUT2D eigenvalue weighted by Crippen LogP contribution is -2.38. The number of halogens is 2. The van der Waals surface area contributed by atoms with Crippen molar-refractivity contribution in [1.29, 1.82) is 0 Å². The maximum absolute atomic E-state index is 13.7. The van der Waals surface area contributed by atoms with Crippen LogP contribution in [0.3, 0.4) is 0 Å². The summed E-state index contributed by atoms with van der Waals surface area (Å²) in [6, 6.07) is 23.8. The minimum atomic E-state index is -0.339. The summed E-state index contributed by atoms with van der Waals surface area (Å²) < 4.78 is 0. The van der Waals surface area contributed by atoms with Gasteiger partial charge in [0.25, 0.3) is 5.91 Å². The second-order valence-corrected chi connectivity index (χ2v) is 10.6. The van der Waals surface area contributed by atoms with Crippen LogP contribution in [0.2, 0.25) is 10.0 Å². The second kappa shape index (κ2) is 9.88. The van der Waals surface area contributed by atoms with Gasteiger partial charge in [0.1, 0.15) is 0 Å². The summed E-state index contributed by atoms with van der Waals surface area (Å²) in [5.74, 6) is -0.424. The zero-order valence-corrected chi connectivity index (χ0v) is 21.9. The summed E-state index contributed by atoms with van der Waals surface area (Å²) in [7, 11) is 0. The van der Waals surface area contributed by atoms with Gasteiger partial charge in [0.05, 0.1) is 0 Å². The maximum Gasteiger partial charge on any atom is 0.255 e. The molecule has 0 saturated carbocycles. The third kappa shape index (κ3) is 4.45. The zero-order valence-electron chi connectivity index (χ0n) is 20.4. The van der Waals surface area contributed by atoms with Crippen LogP contribution < -0.4 is 21.5 Å². The highest BCUT2D eigenvalue weighted by Crippen LogP contribution is 2.25. The number of amides is 1. The Balaban J connectivity index is 1.35. The van der Waals surface area contributed by atoms with Crippen molar-refractivity contribution in [3.8, 4) is 0 Å². The maximum atomic E-state index is 13.7. The molecule has 6 rings (SSSR count). The van der Waals surface area contributed by atoms with Crippen LogP contribution in [0.4, 0.5) is 5.69 Å². The average Bonchev–Trinajstić information content (AvgIpc) is 2.92. The summed E-state index contributed by atoms with van der Waals surface area (Å²) in [5, 5.41) is 8.26. The summed E-state index contributed by atoms with van der Waals surface area (Å²) in [5.41, 5.74) is 11.1. The van der Waals surface area contributed by atoms with E-state index in [9.17, 15) is 9.59 Å². The van der Waals surface area contributed by atoms with Crippen LogP contribution in [-0.4, -0.2) is 17.7 Å². The number of Topliss-reactive ketones (excluding diaryl/α,β-unsaturated/α-hetero) is 1. The van der Waals surface area contributed by atoms with Gasteiger partial charge in [-0.1, -0.05) is 65.7 Å². The second-order valence-electron chi connectivity index (χ2n) is 9.69. The van der Waals surface area contributed by atoms with Crippen molar-refractivity contribution in [2.45, 2.75) is 25.3 Å². The highest BCUT2D eigenvalue weighted by Gasteiger charge is 2.26. The molecule has 0 spiro atoms. The third-order valence-electron chi connectivity index (χ3n) is 7.35. The Bertz CT molecular complexity index is 1830. The number of anilines is 1. The van der Waals surface area contributed by atoms with Gasteiger partial charge in [-0.05, 0) is 93.7 Å². The predicted octanol–water partition coefficient (Wildman–Crippen LogP) is 5.18. The number of ketones is 1. The topological polar surface area (TPSA) is 72.2 Å². The predicted molar refractivity (Wildman–Crippen MR) is 153 cm³/mol. The van der Waals surface area contributed by atoms with Crippen molar-refractivity contribution in [1.82, 2.24) is 0 Å². The number of fused-ring (bicyclic) bond motifs is 4. The molecule has 0 bridgehead atoms. The van der Waals surface area contributed by atoms with Gasteiger partial charge in [0.2, 0.25) is 0 Å². The van der Waals surface area contributed by atoms with Crippen molar-refractivity contribution in [3.05, 3.63) is 132 Å². The number of rotatable bonds is 4. The highest BCUT2D eigenvalue weighted by atomic mass is 35.5. The summed E-state index contributed by atoms with van der Waals surface area (Å²) in [6.07, 6.45) is 4.68. The smallest absolute Gasteiger partial charge is 0.255 e. The molecule has 4 aromatic rings. The van der Waals surface area contributed by atoms with E-state index in [0.717, 1.165) is 24.5 Å². The number of carbonyl (C=O) groups excluding carboxylic acids is 2. The van der Waals surface area contributed by atoms with Crippen LogP contribution in [0.15, 0.2) is 78.9 Å². The van der Waals surface area contributed by atoms with E-state index in [0.29, 0.717) is 32.4 Å². The van der Waals surface area contributed by atoms with Gasteiger partial charge in [-0.25, -0.2) is 0 Å². The van der Waals surface area contributed by atoms with E-state index in [1.165, 1.54) is 26.8 Å². The number of nitrogens with one attached hydrogen (secondary N) is 1. The first-order valence-corrected chi connectivity index (χ1v) is 13.3. The van der Waals surface area contributed by atoms with Crippen LogP contribution in [0, 0.1) is 10.4 Å². The SMILES string of the molecule is NC1CCc2c3c(ccc2=C1C(=O)c1ccc(NC(=O)c2cc(Cl)cc(Cl)c2)cc1)=c1ccccc1=CC3. The molecule has 4 aromatic carbocycles. The minimum absolute atomic E-state index is 0.0851. The highest BCUT2D eigenvalue weighted by molar-refractivity contribution is 6.35. The van der Waals surface area contributed by atoms with Gasteiger partial charge in [0, 0.05) is 38.5 Å². The summed E-state index contributed by atoms with van der Waals surface area (Å²) in [6.45, 7) is 0. The molecule has 1 amide bonds. The Hall–Kier alpha value is -3.70. The average molecular weight is 539 g/mol. The lowest BCUT2D eigenvalue weighted by atomic mass is 9.81. The lowest BCUT2D eigenvalue weighted by molar-refractivity contribution is 0.102. The first kappa shape index (κ1) is 24.6. The zero-order chi connectivity index (χ0) is 26.4. The fourth-order valence-electron chi connectivity index (χ4n) is 5.53. The van der Waals surface area contributed by atoms with E-state index in [-0.39, 0.29) is 17.7 Å². The van der Waals surface area contributed by atoms with Gasteiger partial charge in [-0.2, -0.15) is 0 Å². The number of carbonyl (C=O) groups is 2. The molecular formula is C32H24Cl2N2O2. The molecule has 188 valence electrons. The Morgan fingerprint density at radius 1 is 0.789 bits per heavy atom. The Morgan fingerprint density at radius 2 is 1.50 bits per heavy atom. The van der Waals surface area contributed by atoms with Gasteiger partial charge < -0.3 is 11.1 Å². The molecule has 0 fully saturated rings. The number of hydrogen-bond acceptors (Lipinski definition) is 3. The number of hydrogen-bond donors (Lipinski definition) is 2. The summed E-state index contributed by atoms with van der Waals surface area (Å²) in [4.78, 5) is 26.4. The van der Waals surface area contributed by atoms with E-state index < -0.39 is 0 Å². The van der Waals surface area contributed by atoms with Crippen LogP contribution >= 0.6 is 23.2 Å². The largest absolute Gasteiger partial charge is 0.324 e. The molecule has 2 aliphatic carbocycles. The molecular weight excluding hydrogens is 515 g/mol. The van der Waals surface area contributed by atoms with E-state index in [4.69, 9.17) is 28.9 Å². The molecule has 1 unspecified atom stereocenters. The van der Waals surface area contributed by atoms with Crippen LogP contribution in [0.25, 0.3) is 11.6 Å². The minimum Gasteiger partial charge on any atom is -0.324 e. The van der Waals surface area contributed by atoms with E-state index in [2.05, 4.69) is 47.8 Å². The molecule has 4 nitrogen and oxygen atoms in total. The molecule has 0 aromatic heterocycles. The molecule has 0 aliphatic heterocycles. The van der Waals surface area contributed by atoms with Gasteiger partial charge in [-0.3, -0.25) is 9.59 Å². The van der Waals surface area contributed by atoms with Crippen molar-refractivity contribution < 1.29 is 9.59 Å². The van der Waals surface area contributed by atoms with Crippen molar-refractivity contribution in [3.63, 3.8) is 0 Å². The normalized spacial score (nSPS) is 15.6. The monoisotopic (exact) mass is 538 g/mol. The van der Waals surface area contributed by atoms with Crippen molar-refractivity contribution >= 4 is 52.2 Å². The van der Waals surface area contributed by atoms with Crippen LogP contribution in [0.1, 0.15) is 38.3 Å². The van der Waals surface area contributed by atoms with Gasteiger partial charge >= 0.3 is 0 Å². The quantitative estimate of drug-likeness (QED) is 0.352. The standard InChI is InChI=1S/C32H24Cl2N2O2/c33-21-15-20(16-22(34)17-21)32(38)36-23-8-5-19(6-9-23)31(37)30-28-12-11-25-24-4-2-1-3-18(24)7-10-26(25)27(28)13-14-29(30)35/h1-9,11-12,15-17,29H,10,13-14,35H2,(H,36,38). The molecule has 0 saturated heterocycles. The molecule has 2 aliphatic rings. The van der Waals surface area contributed by atoms with E-state index in [1.54, 1.807) is 42.5 Å². The van der Waals surface area contributed by atoms with Gasteiger partial charge in [0.15, 0.2) is 5.78 Å². The van der Waals surface area contributed by atoms with Crippen molar-refractivity contribution in [2.24, 2.45) is 5.73 Å². The number of nitrogens with two attached hydrogens (primary N) is 1. The lowest BCUT2D eigenvalue weighted by Gasteiger charge is -2.24. The fraction of sp³-hybridized carbons (Fsp3) is 0.125.